The average Bonchev–Trinajstić information content (AvgIpc) is 3.05. The minimum absolute atomic E-state index is 0.0466. The van der Waals surface area contributed by atoms with Crippen molar-refractivity contribution in [1.29, 1.82) is 0 Å². The Kier molecular flexibility index (Phi) is 7.26. The van der Waals surface area contributed by atoms with Gasteiger partial charge in [-0.15, -0.1) is 0 Å². The van der Waals surface area contributed by atoms with Gasteiger partial charge in [-0.25, -0.2) is 0 Å². The quantitative estimate of drug-likeness (QED) is 0.551. The summed E-state index contributed by atoms with van der Waals surface area (Å²) in [6, 6.07) is 7.94. The van der Waals surface area contributed by atoms with Gasteiger partial charge in [0, 0.05) is 38.0 Å². The molecule has 0 saturated carbocycles. The van der Waals surface area contributed by atoms with Crippen LogP contribution in [0.25, 0.3) is 0 Å². The molecule has 1 fully saturated rings. The molecular formula is C17H26N4OS. The number of nitrogens with zero attached hydrogens (tertiary/aromatic N) is 1. The van der Waals surface area contributed by atoms with Crippen LogP contribution in [-0.2, 0) is 11.2 Å². The molecule has 1 aromatic rings. The van der Waals surface area contributed by atoms with Crippen LogP contribution in [0.4, 0.5) is 5.69 Å². The highest BCUT2D eigenvalue weighted by Crippen LogP contribution is 2.25. The van der Waals surface area contributed by atoms with E-state index >= 15 is 0 Å². The van der Waals surface area contributed by atoms with Gasteiger partial charge in [0.25, 0.3) is 0 Å². The molecule has 1 amide bonds. The van der Waals surface area contributed by atoms with Gasteiger partial charge >= 0.3 is 0 Å². The predicted octanol–water partition coefficient (Wildman–Crippen LogP) is 2.25. The fourth-order valence-electron chi connectivity index (χ4n) is 2.52. The number of carbonyl (C=O) groups is 1. The van der Waals surface area contributed by atoms with Crippen LogP contribution in [0.15, 0.2) is 29.3 Å². The summed E-state index contributed by atoms with van der Waals surface area (Å²) in [5.41, 5.74) is 2.06. The number of thioether (sulfide) groups is 1. The maximum absolute atomic E-state index is 11.0. The summed E-state index contributed by atoms with van der Waals surface area (Å²) in [6.45, 7) is 3.33. The zero-order valence-electron chi connectivity index (χ0n) is 13.9. The molecule has 126 valence electrons. The van der Waals surface area contributed by atoms with Gasteiger partial charge in [0.1, 0.15) is 0 Å². The zero-order valence-corrected chi connectivity index (χ0v) is 14.7. The lowest BCUT2D eigenvalue weighted by atomic mass is 10.1. The number of carbonyl (C=O) groups excluding carboxylic acids is 1. The SMILES string of the molecule is CN=C(NCCc1ccc(NC(C)=O)cc1)NCC1CCCS1. The maximum atomic E-state index is 11.0. The number of anilines is 1. The van der Waals surface area contributed by atoms with Crippen molar-refractivity contribution in [1.82, 2.24) is 10.6 Å². The summed E-state index contributed by atoms with van der Waals surface area (Å²) in [6.07, 6.45) is 3.55. The second kappa shape index (κ2) is 9.45. The van der Waals surface area contributed by atoms with Crippen LogP contribution in [0.3, 0.4) is 0 Å². The molecule has 1 saturated heterocycles. The van der Waals surface area contributed by atoms with Crippen molar-refractivity contribution in [3.8, 4) is 0 Å². The van der Waals surface area contributed by atoms with Gasteiger partial charge < -0.3 is 16.0 Å². The van der Waals surface area contributed by atoms with Crippen molar-refractivity contribution in [2.75, 3.05) is 31.2 Å². The number of amides is 1. The lowest BCUT2D eigenvalue weighted by Crippen LogP contribution is -2.40. The van der Waals surface area contributed by atoms with Crippen LogP contribution in [-0.4, -0.2) is 43.0 Å². The molecule has 0 spiro atoms. The number of guanidine groups is 1. The van der Waals surface area contributed by atoms with Gasteiger partial charge in [-0.2, -0.15) is 11.8 Å². The summed E-state index contributed by atoms with van der Waals surface area (Å²) in [5.74, 6) is 2.11. The first-order valence-corrected chi connectivity index (χ1v) is 9.15. The van der Waals surface area contributed by atoms with E-state index in [0.29, 0.717) is 0 Å². The Morgan fingerprint density at radius 1 is 1.30 bits per heavy atom. The maximum Gasteiger partial charge on any atom is 0.221 e. The first-order chi connectivity index (χ1) is 11.2. The van der Waals surface area contributed by atoms with E-state index < -0.39 is 0 Å². The van der Waals surface area contributed by atoms with Crippen molar-refractivity contribution in [3.05, 3.63) is 29.8 Å². The molecule has 1 aliphatic rings. The van der Waals surface area contributed by atoms with Crippen LogP contribution in [0.1, 0.15) is 25.3 Å². The lowest BCUT2D eigenvalue weighted by molar-refractivity contribution is -0.114. The minimum atomic E-state index is -0.0466. The Hall–Kier alpha value is -1.69. The van der Waals surface area contributed by atoms with E-state index in [1.165, 1.54) is 31.1 Å². The van der Waals surface area contributed by atoms with Gasteiger partial charge in [-0.1, -0.05) is 12.1 Å². The number of hydrogen-bond donors (Lipinski definition) is 3. The van der Waals surface area contributed by atoms with E-state index in [0.717, 1.165) is 36.4 Å². The topological polar surface area (TPSA) is 65.5 Å². The van der Waals surface area contributed by atoms with E-state index in [1.807, 2.05) is 36.0 Å². The molecule has 1 aliphatic heterocycles. The second-order valence-corrected chi connectivity index (χ2v) is 7.05. The van der Waals surface area contributed by atoms with Crippen LogP contribution in [0.5, 0.6) is 0 Å². The largest absolute Gasteiger partial charge is 0.356 e. The van der Waals surface area contributed by atoms with Gasteiger partial charge in [-0.05, 0) is 42.7 Å². The first-order valence-electron chi connectivity index (χ1n) is 8.10. The van der Waals surface area contributed by atoms with Crippen LogP contribution < -0.4 is 16.0 Å². The summed E-state index contributed by atoms with van der Waals surface area (Å²) in [7, 11) is 1.80. The molecule has 1 heterocycles. The van der Waals surface area contributed by atoms with Crippen LogP contribution >= 0.6 is 11.8 Å². The minimum Gasteiger partial charge on any atom is -0.356 e. The molecule has 1 unspecified atom stereocenters. The second-order valence-electron chi connectivity index (χ2n) is 5.64. The average molecular weight is 334 g/mol. The third kappa shape index (κ3) is 6.52. The molecule has 23 heavy (non-hydrogen) atoms. The normalized spacial score (nSPS) is 17.8. The van der Waals surface area contributed by atoms with Crippen molar-refractivity contribution in [3.63, 3.8) is 0 Å². The summed E-state index contributed by atoms with van der Waals surface area (Å²) in [4.78, 5) is 15.3. The van der Waals surface area contributed by atoms with Gasteiger partial charge in [0.05, 0.1) is 0 Å². The first kappa shape index (κ1) is 17.7. The van der Waals surface area contributed by atoms with E-state index in [-0.39, 0.29) is 5.91 Å². The standard InChI is InChI=1S/C17H26N4OS/c1-13(22)21-15-7-5-14(6-8-15)9-10-19-17(18-2)20-12-16-4-3-11-23-16/h5-8,16H,3-4,9-12H2,1-2H3,(H,21,22)(H2,18,19,20). The molecule has 0 radical (unpaired) electrons. The molecule has 2 rings (SSSR count). The van der Waals surface area contributed by atoms with E-state index in [9.17, 15) is 4.79 Å². The van der Waals surface area contributed by atoms with E-state index in [2.05, 4.69) is 20.9 Å². The monoisotopic (exact) mass is 334 g/mol. The third-order valence-corrected chi connectivity index (χ3v) is 5.12. The number of benzene rings is 1. The molecule has 1 atom stereocenters. The van der Waals surface area contributed by atoms with Crippen molar-refractivity contribution in [2.24, 2.45) is 4.99 Å². The predicted molar refractivity (Wildman–Crippen MR) is 99.3 cm³/mol. The number of aliphatic imine (C=N–C) groups is 1. The highest BCUT2D eigenvalue weighted by Gasteiger charge is 2.15. The Labute approximate surface area is 142 Å². The molecule has 5 nitrogen and oxygen atoms in total. The van der Waals surface area contributed by atoms with Crippen molar-refractivity contribution >= 4 is 29.3 Å². The number of hydrogen-bond acceptors (Lipinski definition) is 3. The Bertz CT molecular complexity index is 524. The Morgan fingerprint density at radius 2 is 2.09 bits per heavy atom. The molecule has 0 aromatic heterocycles. The van der Waals surface area contributed by atoms with Crippen LogP contribution in [0.2, 0.25) is 0 Å². The molecule has 0 bridgehead atoms. The third-order valence-electron chi connectivity index (χ3n) is 3.73. The molecular weight excluding hydrogens is 308 g/mol. The highest BCUT2D eigenvalue weighted by molar-refractivity contribution is 8.00. The van der Waals surface area contributed by atoms with Gasteiger partial charge in [-0.3, -0.25) is 9.79 Å². The van der Waals surface area contributed by atoms with Gasteiger partial charge in [0.2, 0.25) is 5.91 Å². The Balaban J connectivity index is 1.69. The Morgan fingerprint density at radius 3 is 2.70 bits per heavy atom. The smallest absolute Gasteiger partial charge is 0.221 e. The molecule has 3 N–H and O–H groups in total. The van der Waals surface area contributed by atoms with Crippen molar-refractivity contribution < 1.29 is 4.79 Å². The lowest BCUT2D eigenvalue weighted by Gasteiger charge is -2.14. The fourth-order valence-corrected chi connectivity index (χ4v) is 3.72. The zero-order chi connectivity index (χ0) is 16.5. The van der Waals surface area contributed by atoms with E-state index in [4.69, 9.17) is 0 Å². The van der Waals surface area contributed by atoms with E-state index in [1.54, 1.807) is 7.05 Å². The fraction of sp³-hybridized carbons (Fsp3) is 0.529. The molecule has 1 aromatic carbocycles. The molecule has 6 heteroatoms. The summed E-state index contributed by atoms with van der Waals surface area (Å²) >= 11 is 2.05. The highest BCUT2D eigenvalue weighted by atomic mass is 32.2. The number of nitrogens with one attached hydrogen (secondary N) is 3. The summed E-state index contributed by atoms with van der Waals surface area (Å²) < 4.78 is 0. The molecule has 0 aliphatic carbocycles. The van der Waals surface area contributed by atoms with Gasteiger partial charge in [0.15, 0.2) is 5.96 Å². The van der Waals surface area contributed by atoms with Crippen LogP contribution in [0, 0.1) is 0 Å². The van der Waals surface area contributed by atoms with Crippen molar-refractivity contribution in [2.45, 2.75) is 31.4 Å². The summed E-state index contributed by atoms with van der Waals surface area (Å²) in [5, 5.41) is 10.2. The number of rotatable bonds is 6.